The molecule has 138 valence electrons. The number of nitrogens with zero attached hydrogens (tertiary/aromatic N) is 3. The summed E-state index contributed by atoms with van der Waals surface area (Å²) in [5.74, 6) is -0.192. The first-order valence-corrected chi connectivity index (χ1v) is 9.16. The molecule has 0 bridgehead atoms. The molecule has 0 aliphatic carbocycles. The van der Waals surface area contributed by atoms with Crippen molar-refractivity contribution in [3.63, 3.8) is 0 Å². The van der Waals surface area contributed by atoms with Crippen LogP contribution in [0, 0.1) is 0 Å². The van der Waals surface area contributed by atoms with Crippen LogP contribution in [0.1, 0.15) is 15.9 Å². The number of halogens is 1. The fourth-order valence-electron chi connectivity index (χ4n) is 2.95. The van der Waals surface area contributed by atoms with E-state index in [2.05, 4.69) is 15.4 Å². The lowest BCUT2D eigenvalue weighted by atomic mass is 10.1. The molecule has 2 aromatic heterocycles. The molecule has 0 aliphatic heterocycles. The molecule has 2 heterocycles. The first-order chi connectivity index (χ1) is 13.7. The second-order valence-electron chi connectivity index (χ2n) is 6.21. The molecule has 0 radical (unpaired) electrons. The summed E-state index contributed by atoms with van der Waals surface area (Å²) in [5.41, 5.74) is 3.90. The summed E-state index contributed by atoms with van der Waals surface area (Å²) in [5, 5.41) is 8.06. The smallest absolute Gasteiger partial charge is 0.255 e. The van der Waals surface area contributed by atoms with Gasteiger partial charge in [-0.3, -0.25) is 9.78 Å². The van der Waals surface area contributed by atoms with Crippen LogP contribution in [-0.4, -0.2) is 20.7 Å². The Morgan fingerprint density at radius 2 is 1.75 bits per heavy atom. The summed E-state index contributed by atoms with van der Waals surface area (Å²) in [6.07, 6.45) is 5.03. The third-order valence-electron chi connectivity index (χ3n) is 4.31. The van der Waals surface area contributed by atoms with E-state index in [0.717, 1.165) is 22.5 Å². The van der Waals surface area contributed by atoms with E-state index in [1.165, 1.54) is 0 Å². The van der Waals surface area contributed by atoms with Gasteiger partial charge in [0.15, 0.2) is 0 Å². The standard InChI is InChI=1S/C22H17ClN4O/c23-18-8-10-19(11-9-18)27-21(17-6-2-1-3-7-17)20(15-26-27)22(28)25-14-16-5-4-12-24-13-16/h1-13,15H,14H2,(H,25,28). The molecular formula is C22H17ClN4O. The average Bonchev–Trinajstić information content (AvgIpc) is 3.19. The molecule has 1 amide bonds. The predicted molar refractivity (Wildman–Crippen MR) is 109 cm³/mol. The van der Waals surface area contributed by atoms with E-state index in [1.807, 2.05) is 54.6 Å². The largest absolute Gasteiger partial charge is 0.348 e. The second kappa shape index (κ2) is 8.06. The van der Waals surface area contributed by atoms with E-state index in [0.29, 0.717) is 17.1 Å². The van der Waals surface area contributed by atoms with Crippen molar-refractivity contribution in [3.05, 3.63) is 101 Å². The number of hydrogen-bond acceptors (Lipinski definition) is 3. The van der Waals surface area contributed by atoms with Crippen LogP contribution in [0.15, 0.2) is 85.3 Å². The molecule has 0 saturated heterocycles. The number of benzene rings is 2. The molecule has 4 rings (SSSR count). The van der Waals surface area contributed by atoms with E-state index >= 15 is 0 Å². The Labute approximate surface area is 167 Å². The minimum Gasteiger partial charge on any atom is -0.348 e. The van der Waals surface area contributed by atoms with Gasteiger partial charge >= 0.3 is 0 Å². The summed E-state index contributed by atoms with van der Waals surface area (Å²) < 4.78 is 1.75. The van der Waals surface area contributed by atoms with Gasteiger partial charge < -0.3 is 5.32 Å². The zero-order chi connectivity index (χ0) is 19.3. The van der Waals surface area contributed by atoms with Gasteiger partial charge in [-0.1, -0.05) is 48.0 Å². The third kappa shape index (κ3) is 3.80. The molecular weight excluding hydrogens is 372 g/mol. The quantitative estimate of drug-likeness (QED) is 0.547. The third-order valence-corrected chi connectivity index (χ3v) is 4.56. The van der Waals surface area contributed by atoms with Crippen LogP contribution in [0.2, 0.25) is 5.02 Å². The molecule has 0 atom stereocenters. The van der Waals surface area contributed by atoms with Crippen LogP contribution < -0.4 is 5.32 Å². The Balaban J connectivity index is 1.71. The van der Waals surface area contributed by atoms with Crippen molar-refractivity contribution >= 4 is 17.5 Å². The Bertz CT molecular complexity index is 1080. The molecule has 0 unspecified atom stereocenters. The maximum atomic E-state index is 12.9. The number of amides is 1. The van der Waals surface area contributed by atoms with Crippen LogP contribution >= 0.6 is 11.6 Å². The van der Waals surface area contributed by atoms with E-state index in [1.54, 1.807) is 35.4 Å². The second-order valence-corrected chi connectivity index (χ2v) is 6.64. The van der Waals surface area contributed by atoms with Crippen LogP contribution in [0.25, 0.3) is 16.9 Å². The SMILES string of the molecule is O=C(NCc1cccnc1)c1cnn(-c2ccc(Cl)cc2)c1-c1ccccc1. The summed E-state index contributed by atoms with van der Waals surface area (Å²) in [6, 6.07) is 20.8. The first-order valence-electron chi connectivity index (χ1n) is 8.79. The number of carbonyl (C=O) groups is 1. The van der Waals surface area contributed by atoms with Gasteiger partial charge in [0.05, 0.1) is 23.1 Å². The number of pyridine rings is 1. The highest BCUT2D eigenvalue weighted by atomic mass is 35.5. The molecule has 0 aliphatic rings. The van der Waals surface area contributed by atoms with Gasteiger partial charge in [-0.25, -0.2) is 4.68 Å². The lowest BCUT2D eigenvalue weighted by Gasteiger charge is -2.11. The number of aromatic nitrogens is 3. The van der Waals surface area contributed by atoms with E-state index in [-0.39, 0.29) is 5.91 Å². The molecule has 0 saturated carbocycles. The van der Waals surface area contributed by atoms with Gasteiger partial charge in [0.1, 0.15) is 0 Å². The van der Waals surface area contributed by atoms with Gasteiger partial charge in [0, 0.05) is 29.5 Å². The molecule has 0 fully saturated rings. The highest BCUT2D eigenvalue weighted by Crippen LogP contribution is 2.27. The van der Waals surface area contributed by atoms with E-state index < -0.39 is 0 Å². The molecule has 5 nitrogen and oxygen atoms in total. The van der Waals surface area contributed by atoms with Crippen LogP contribution in [0.5, 0.6) is 0 Å². The number of rotatable bonds is 5. The number of carbonyl (C=O) groups excluding carboxylic acids is 1. The van der Waals surface area contributed by atoms with Crippen molar-refractivity contribution in [2.45, 2.75) is 6.54 Å². The van der Waals surface area contributed by atoms with Crippen molar-refractivity contribution in [1.82, 2.24) is 20.1 Å². The summed E-state index contributed by atoms with van der Waals surface area (Å²) in [6.45, 7) is 0.396. The normalized spacial score (nSPS) is 10.6. The van der Waals surface area contributed by atoms with E-state index in [9.17, 15) is 4.79 Å². The van der Waals surface area contributed by atoms with Crippen molar-refractivity contribution in [1.29, 1.82) is 0 Å². The highest BCUT2D eigenvalue weighted by Gasteiger charge is 2.19. The Kier molecular flexibility index (Phi) is 5.17. The zero-order valence-electron chi connectivity index (χ0n) is 14.9. The summed E-state index contributed by atoms with van der Waals surface area (Å²) >= 11 is 6.01. The van der Waals surface area contributed by atoms with Gasteiger partial charge in [-0.15, -0.1) is 0 Å². The maximum absolute atomic E-state index is 12.9. The van der Waals surface area contributed by atoms with Gasteiger partial charge in [0.2, 0.25) is 0 Å². The molecule has 0 spiro atoms. The minimum absolute atomic E-state index is 0.192. The Hall–Kier alpha value is -3.44. The highest BCUT2D eigenvalue weighted by molar-refractivity contribution is 6.30. The summed E-state index contributed by atoms with van der Waals surface area (Å²) in [4.78, 5) is 17.0. The zero-order valence-corrected chi connectivity index (χ0v) is 15.7. The monoisotopic (exact) mass is 388 g/mol. The first kappa shape index (κ1) is 17.9. The molecule has 4 aromatic rings. The van der Waals surface area contributed by atoms with Gasteiger partial charge in [-0.2, -0.15) is 5.10 Å². The van der Waals surface area contributed by atoms with Crippen LogP contribution in [-0.2, 0) is 6.54 Å². The number of nitrogens with one attached hydrogen (secondary N) is 1. The number of hydrogen-bond donors (Lipinski definition) is 1. The minimum atomic E-state index is -0.192. The fraction of sp³-hybridized carbons (Fsp3) is 0.0455. The van der Waals surface area contributed by atoms with Crippen molar-refractivity contribution < 1.29 is 4.79 Å². The molecule has 6 heteroatoms. The van der Waals surface area contributed by atoms with E-state index in [4.69, 9.17) is 11.6 Å². The topological polar surface area (TPSA) is 59.8 Å². The Morgan fingerprint density at radius 3 is 2.46 bits per heavy atom. The van der Waals surface area contributed by atoms with Gasteiger partial charge in [-0.05, 0) is 35.9 Å². The summed E-state index contributed by atoms with van der Waals surface area (Å²) in [7, 11) is 0. The Morgan fingerprint density at radius 1 is 0.964 bits per heavy atom. The fourth-order valence-corrected chi connectivity index (χ4v) is 3.07. The van der Waals surface area contributed by atoms with Crippen molar-refractivity contribution in [2.75, 3.05) is 0 Å². The molecule has 28 heavy (non-hydrogen) atoms. The van der Waals surface area contributed by atoms with Crippen LogP contribution in [0.3, 0.4) is 0 Å². The molecule has 2 aromatic carbocycles. The van der Waals surface area contributed by atoms with Crippen molar-refractivity contribution in [2.24, 2.45) is 0 Å². The lowest BCUT2D eigenvalue weighted by Crippen LogP contribution is -2.23. The maximum Gasteiger partial charge on any atom is 0.255 e. The average molecular weight is 389 g/mol. The lowest BCUT2D eigenvalue weighted by molar-refractivity contribution is 0.0951. The predicted octanol–water partition coefficient (Wildman–Crippen LogP) is 4.52. The van der Waals surface area contributed by atoms with Crippen LogP contribution in [0.4, 0.5) is 0 Å². The van der Waals surface area contributed by atoms with Crippen molar-refractivity contribution in [3.8, 4) is 16.9 Å². The van der Waals surface area contributed by atoms with Gasteiger partial charge in [0.25, 0.3) is 5.91 Å². The molecule has 1 N–H and O–H groups in total.